The summed E-state index contributed by atoms with van der Waals surface area (Å²) in [4.78, 5) is 10.5. The first kappa shape index (κ1) is 13.7. The number of carboxylic acids is 1. The summed E-state index contributed by atoms with van der Waals surface area (Å²) < 4.78 is 50.3. The van der Waals surface area contributed by atoms with Crippen LogP contribution in [0.4, 0.5) is 17.6 Å². The summed E-state index contributed by atoms with van der Waals surface area (Å²) in [6, 6.07) is 2.78. The molecule has 0 aliphatic heterocycles. The minimum Gasteiger partial charge on any atom is -0.477 e. The first-order chi connectivity index (χ1) is 8.25. The van der Waals surface area contributed by atoms with E-state index in [1.165, 1.54) is 6.07 Å². The largest absolute Gasteiger partial charge is 0.477 e. The van der Waals surface area contributed by atoms with Crippen molar-refractivity contribution in [3.63, 3.8) is 0 Å². The molecule has 1 rings (SSSR count). The highest BCUT2D eigenvalue weighted by molar-refractivity contribution is 5.96. The van der Waals surface area contributed by atoms with Crippen LogP contribution in [-0.2, 0) is 11.0 Å². The van der Waals surface area contributed by atoms with E-state index in [4.69, 9.17) is 10.4 Å². The minimum absolute atomic E-state index is 0.440. The molecule has 3 nitrogen and oxygen atoms in total. The van der Waals surface area contributed by atoms with Crippen molar-refractivity contribution in [2.45, 2.75) is 6.18 Å². The molecule has 94 valence electrons. The van der Waals surface area contributed by atoms with Gasteiger partial charge >= 0.3 is 12.1 Å². The topological polar surface area (TPSA) is 61.1 Å². The van der Waals surface area contributed by atoms with E-state index in [1.807, 2.05) is 0 Å². The van der Waals surface area contributed by atoms with Gasteiger partial charge in [0, 0.05) is 5.56 Å². The fourth-order valence-electron chi connectivity index (χ4n) is 1.13. The predicted molar refractivity (Wildman–Crippen MR) is 52.6 cm³/mol. The van der Waals surface area contributed by atoms with E-state index in [2.05, 4.69) is 0 Å². The fourth-order valence-corrected chi connectivity index (χ4v) is 1.13. The molecule has 0 radical (unpaired) electrons. The minimum atomic E-state index is -4.67. The lowest BCUT2D eigenvalue weighted by molar-refractivity contribution is -0.137. The second kappa shape index (κ2) is 4.87. The van der Waals surface area contributed by atoms with Crippen molar-refractivity contribution < 1.29 is 27.5 Å². The van der Waals surface area contributed by atoms with Crippen molar-refractivity contribution in [3.8, 4) is 6.07 Å². The zero-order chi connectivity index (χ0) is 13.9. The molecule has 0 atom stereocenters. The number of halogens is 4. The van der Waals surface area contributed by atoms with E-state index in [1.54, 1.807) is 0 Å². The Hall–Kier alpha value is -2.36. The van der Waals surface area contributed by atoms with Gasteiger partial charge in [-0.15, -0.1) is 0 Å². The van der Waals surface area contributed by atoms with Crippen molar-refractivity contribution in [1.29, 1.82) is 5.26 Å². The van der Waals surface area contributed by atoms with E-state index in [0.717, 1.165) is 0 Å². The number of nitrogens with zero attached hydrogens (tertiary/aromatic N) is 1. The Morgan fingerprint density at radius 1 is 1.39 bits per heavy atom. The Morgan fingerprint density at radius 2 is 2.00 bits per heavy atom. The molecule has 0 fully saturated rings. The van der Waals surface area contributed by atoms with Crippen molar-refractivity contribution in [3.05, 3.63) is 40.7 Å². The monoisotopic (exact) mass is 259 g/mol. The molecular weight excluding hydrogens is 254 g/mol. The van der Waals surface area contributed by atoms with Crippen molar-refractivity contribution in [2.24, 2.45) is 0 Å². The highest BCUT2D eigenvalue weighted by atomic mass is 19.4. The normalized spacial score (nSPS) is 12.1. The molecular formula is C11H5F4NO2. The van der Waals surface area contributed by atoms with Crippen molar-refractivity contribution in [2.75, 3.05) is 0 Å². The molecule has 0 spiro atoms. The second-order valence-electron chi connectivity index (χ2n) is 3.21. The summed E-state index contributed by atoms with van der Waals surface area (Å²) in [7, 11) is 0. The van der Waals surface area contributed by atoms with Crippen LogP contribution in [-0.4, -0.2) is 11.1 Å². The van der Waals surface area contributed by atoms with Crippen molar-refractivity contribution in [1.82, 2.24) is 0 Å². The van der Waals surface area contributed by atoms with Gasteiger partial charge in [-0.2, -0.15) is 18.4 Å². The highest BCUT2D eigenvalue weighted by Gasteiger charge is 2.31. The molecule has 18 heavy (non-hydrogen) atoms. The quantitative estimate of drug-likeness (QED) is 0.504. The average Bonchev–Trinajstić information content (AvgIpc) is 2.25. The summed E-state index contributed by atoms with van der Waals surface area (Å²) in [5.41, 5.74) is -2.59. The van der Waals surface area contributed by atoms with Crippen LogP contribution in [0.25, 0.3) is 6.08 Å². The molecule has 0 aromatic heterocycles. The Morgan fingerprint density at radius 3 is 2.44 bits per heavy atom. The van der Waals surface area contributed by atoms with Gasteiger partial charge in [0.1, 0.15) is 17.5 Å². The number of rotatable bonds is 2. The number of hydrogen-bond donors (Lipinski definition) is 1. The van der Waals surface area contributed by atoms with E-state index >= 15 is 0 Å². The zero-order valence-electron chi connectivity index (χ0n) is 8.62. The van der Waals surface area contributed by atoms with Crippen LogP contribution in [0.1, 0.15) is 11.1 Å². The fraction of sp³-hybridized carbons (Fsp3) is 0.0909. The lowest BCUT2D eigenvalue weighted by Crippen LogP contribution is -2.06. The summed E-state index contributed by atoms with van der Waals surface area (Å²) in [6.07, 6.45) is -4.13. The Kier molecular flexibility index (Phi) is 3.71. The maximum atomic E-state index is 13.2. The molecule has 0 heterocycles. The molecule has 0 bridgehead atoms. The summed E-state index contributed by atoms with van der Waals surface area (Å²) in [5, 5.41) is 17.0. The van der Waals surface area contributed by atoms with Gasteiger partial charge in [0.15, 0.2) is 0 Å². The van der Waals surface area contributed by atoms with Crippen molar-refractivity contribution >= 4 is 12.0 Å². The number of carboxylic acid groups (broad SMARTS) is 1. The number of alkyl halides is 3. The number of benzene rings is 1. The predicted octanol–water partition coefficient (Wildman–Crippen LogP) is 2.84. The van der Waals surface area contributed by atoms with E-state index < -0.39 is 34.7 Å². The van der Waals surface area contributed by atoms with Crippen LogP contribution in [0.5, 0.6) is 0 Å². The van der Waals surface area contributed by atoms with Crippen LogP contribution < -0.4 is 0 Å². The molecule has 1 aromatic rings. The Bertz CT molecular complexity index is 555. The molecule has 0 aliphatic rings. The first-order valence-electron chi connectivity index (χ1n) is 4.47. The lowest BCUT2D eigenvalue weighted by atomic mass is 10.1. The molecule has 0 saturated carbocycles. The van der Waals surface area contributed by atoms with Crippen LogP contribution in [0.2, 0.25) is 0 Å². The number of carbonyl (C=O) groups is 1. The summed E-state index contributed by atoms with van der Waals surface area (Å²) in [6.45, 7) is 0. The number of hydrogen-bond acceptors (Lipinski definition) is 2. The van der Waals surface area contributed by atoms with Crippen LogP contribution >= 0.6 is 0 Å². The molecule has 0 unspecified atom stereocenters. The van der Waals surface area contributed by atoms with Crippen LogP contribution in [0.15, 0.2) is 23.8 Å². The Labute approximate surface area is 98.6 Å². The van der Waals surface area contributed by atoms with Gasteiger partial charge in [0.05, 0.1) is 5.56 Å². The first-order valence-corrected chi connectivity index (χ1v) is 4.47. The number of nitriles is 1. The lowest BCUT2D eigenvalue weighted by Gasteiger charge is -2.07. The van der Waals surface area contributed by atoms with Gasteiger partial charge in [-0.1, -0.05) is 0 Å². The molecule has 0 aliphatic carbocycles. The van der Waals surface area contributed by atoms with Gasteiger partial charge < -0.3 is 5.11 Å². The maximum Gasteiger partial charge on any atom is 0.416 e. The molecule has 0 saturated heterocycles. The van der Waals surface area contributed by atoms with E-state index in [0.29, 0.717) is 24.3 Å². The average molecular weight is 259 g/mol. The van der Waals surface area contributed by atoms with Crippen LogP contribution in [0.3, 0.4) is 0 Å². The molecule has 0 amide bonds. The maximum absolute atomic E-state index is 13.2. The van der Waals surface area contributed by atoms with Gasteiger partial charge in [-0.3, -0.25) is 0 Å². The zero-order valence-corrected chi connectivity index (χ0v) is 8.62. The van der Waals surface area contributed by atoms with Crippen LogP contribution in [0, 0.1) is 17.1 Å². The van der Waals surface area contributed by atoms with Gasteiger partial charge in [-0.05, 0) is 24.3 Å². The third-order valence-electron chi connectivity index (χ3n) is 1.97. The third kappa shape index (κ3) is 3.07. The summed E-state index contributed by atoms with van der Waals surface area (Å²) in [5.74, 6) is -2.69. The van der Waals surface area contributed by atoms with Gasteiger partial charge in [-0.25, -0.2) is 9.18 Å². The van der Waals surface area contributed by atoms with E-state index in [-0.39, 0.29) is 0 Å². The third-order valence-corrected chi connectivity index (χ3v) is 1.97. The SMILES string of the molecule is N#C/C(=C\c1cc(C(F)(F)F)ccc1F)C(=O)O. The summed E-state index contributed by atoms with van der Waals surface area (Å²) >= 11 is 0. The molecule has 1 aromatic carbocycles. The molecule has 1 N–H and O–H groups in total. The van der Waals surface area contributed by atoms with Gasteiger partial charge in [0.25, 0.3) is 0 Å². The second-order valence-corrected chi connectivity index (χ2v) is 3.21. The van der Waals surface area contributed by atoms with Gasteiger partial charge in [0.2, 0.25) is 0 Å². The van der Waals surface area contributed by atoms with E-state index in [9.17, 15) is 22.4 Å². The smallest absolute Gasteiger partial charge is 0.416 e. The molecule has 7 heteroatoms. The number of aliphatic carboxylic acids is 1. The highest BCUT2D eigenvalue weighted by Crippen LogP contribution is 2.30. The standard InChI is InChI=1S/C11H5F4NO2/c12-9-2-1-8(11(13,14)15)4-6(9)3-7(5-16)10(17)18/h1-4H,(H,17,18)/b7-3+. The Balaban J connectivity index is 3.34.